The number of rotatable bonds is 2. The fourth-order valence-electron chi connectivity index (χ4n) is 3.72. The Bertz CT molecular complexity index is 962. The van der Waals surface area contributed by atoms with Crippen molar-refractivity contribution < 1.29 is 4.79 Å². The Kier molecular flexibility index (Phi) is 2.79. The van der Waals surface area contributed by atoms with E-state index in [0.29, 0.717) is 6.42 Å². The van der Waals surface area contributed by atoms with Gasteiger partial charge in [-0.2, -0.15) is 5.10 Å². The highest BCUT2D eigenvalue weighted by atomic mass is 32.1. The fourth-order valence-corrected chi connectivity index (χ4v) is 4.43. The lowest BCUT2D eigenvalue weighted by Crippen LogP contribution is -2.42. The van der Waals surface area contributed by atoms with Gasteiger partial charge >= 0.3 is 0 Å². The van der Waals surface area contributed by atoms with Crippen LogP contribution in [0.2, 0.25) is 0 Å². The molecule has 3 aromatic rings. The second-order valence-corrected chi connectivity index (χ2v) is 7.03. The lowest BCUT2D eigenvalue weighted by molar-refractivity contribution is 0.0908. The number of thiophene rings is 1. The van der Waals surface area contributed by atoms with Crippen LogP contribution in [0.25, 0.3) is 0 Å². The molecule has 116 valence electrons. The molecule has 0 saturated heterocycles. The molecular weight excluding hydrogens is 316 g/mol. The molecule has 3 nitrogen and oxygen atoms in total. The third-order valence-corrected chi connectivity index (χ3v) is 5.73. The Balaban J connectivity index is 1.75. The molecule has 1 aromatic heterocycles. The van der Waals surface area contributed by atoms with Crippen molar-refractivity contribution >= 4 is 28.5 Å². The van der Waals surface area contributed by atoms with Gasteiger partial charge in [-0.1, -0.05) is 48.5 Å². The van der Waals surface area contributed by atoms with Crippen LogP contribution in [0.15, 0.2) is 77.2 Å². The number of Topliss-reactive ketones (excluding diaryl/α,β-unsaturated/α-hetero) is 1. The van der Waals surface area contributed by atoms with Crippen molar-refractivity contribution in [2.24, 2.45) is 5.10 Å². The molecule has 0 aliphatic carbocycles. The van der Waals surface area contributed by atoms with Crippen molar-refractivity contribution in [3.63, 3.8) is 0 Å². The highest BCUT2D eigenvalue weighted by Crippen LogP contribution is 2.51. The molecular formula is C20H14N2OS. The number of benzene rings is 2. The van der Waals surface area contributed by atoms with Gasteiger partial charge < -0.3 is 0 Å². The Morgan fingerprint density at radius 1 is 0.958 bits per heavy atom. The van der Waals surface area contributed by atoms with Gasteiger partial charge in [0.15, 0.2) is 11.3 Å². The molecule has 3 heterocycles. The molecule has 0 bridgehead atoms. The summed E-state index contributed by atoms with van der Waals surface area (Å²) >= 11 is 1.67. The van der Waals surface area contributed by atoms with Crippen LogP contribution in [0.4, 0.5) is 5.69 Å². The van der Waals surface area contributed by atoms with Gasteiger partial charge in [0.2, 0.25) is 0 Å². The number of carbonyl (C=O) groups excluding carboxylic acids is 1. The monoisotopic (exact) mass is 330 g/mol. The number of ketones is 1. The van der Waals surface area contributed by atoms with E-state index in [2.05, 4.69) is 6.07 Å². The van der Waals surface area contributed by atoms with Gasteiger partial charge in [-0.3, -0.25) is 4.79 Å². The van der Waals surface area contributed by atoms with E-state index in [1.54, 1.807) is 11.3 Å². The number of para-hydroxylation sites is 1. The van der Waals surface area contributed by atoms with Gasteiger partial charge in [0.1, 0.15) is 0 Å². The van der Waals surface area contributed by atoms with Crippen LogP contribution >= 0.6 is 11.3 Å². The fraction of sp³-hybridized carbons (Fsp3) is 0.100. The summed E-state index contributed by atoms with van der Waals surface area (Å²) in [5.41, 5.74) is 2.90. The summed E-state index contributed by atoms with van der Waals surface area (Å²) < 4.78 is 0. The van der Waals surface area contributed by atoms with Crippen LogP contribution in [0.5, 0.6) is 0 Å². The first kappa shape index (κ1) is 13.7. The topological polar surface area (TPSA) is 32.7 Å². The van der Waals surface area contributed by atoms with E-state index in [0.717, 1.165) is 27.4 Å². The molecule has 0 spiro atoms. The smallest absolute Gasteiger partial charge is 0.197 e. The van der Waals surface area contributed by atoms with Crippen molar-refractivity contribution in [1.29, 1.82) is 0 Å². The molecule has 0 radical (unpaired) electrons. The molecule has 24 heavy (non-hydrogen) atoms. The molecule has 5 rings (SSSR count). The normalized spacial score (nSPS) is 21.6. The van der Waals surface area contributed by atoms with E-state index >= 15 is 0 Å². The Morgan fingerprint density at radius 3 is 2.54 bits per heavy atom. The molecule has 0 N–H and O–H groups in total. The van der Waals surface area contributed by atoms with E-state index in [1.165, 1.54) is 0 Å². The van der Waals surface area contributed by atoms with Crippen molar-refractivity contribution in [3.05, 3.63) is 88.1 Å². The first-order valence-corrected chi connectivity index (χ1v) is 8.79. The zero-order chi connectivity index (χ0) is 16.1. The van der Waals surface area contributed by atoms with E-state index in [9.17, 15) is 4.79 Å². The van der Waals surface area contributed by atoms with E-state index in [1.807, 2.05) is 71.1 Å². The minimum Gasteiger partial charge on any atom is -0.291 e. The van der Waals surface area contributed by atoms with Crippen LogP contribution in [0, 0.1) is 0 Å². The number of hydrogen-bond acceptors (Lipinski definition) is 4. The number of anilines is 1. The second-order valence-electron chi connectivity index (χ2n) is 6.09. The second kappa shape index (κ2) is 4.89. The average molecular weight is 330 g/mol. The summed E-state index contributed by atoms with van der Waals surface area (Å²) in [7, 11) is 0. The number of fused-ring (bicyclic) bond motifs is 3. The molecule has 4 heteroatoms. The minimum atomic E-state index is -0.746. The van der Waals surface area contributed by atoms with Crippen LogP contribution in [0.1, 0.15) is 27.2 Å². The van der Waals surface area contributed by atoms with E-state index < -0.39 is 5.54 Å². The molecule has 2 aliphatic heterocycles. The zero-order valence-corrected chi connectivity index (χ0v) is 13.7. The predicted octanol–water partition coefficient (Wildman–Crippen LogP) is 4.45. The van der Waals surface area contributed by atoms with Gasteiger partial charge in [0.25, 0.3) is 0 Å². The molecule has 2 aliphatic rings. The maximum atomic E-state index is 13.4. The largest absolute Gasteiger partial charge is 0.291 e. The van der Waals surface area contributed by atoms with Crippen molar-refractivity contribution in [3.8, 4) is 0 Å². The van der Waals surface area contributed by atoms with Crippen molar-refractivity contribution in [2.45, 2.75) is 12.0 Å². The van der Waals surface area contributed by atoms with Crippen molar-refractivity contribution in [1.82, 2.24) is 0 Å². The highest BCUT2D eigenvalue weighted by molar-refractivity contribution is 7.12. The lowest BCUT2D eigenvalue weighted by atomic mass is 9.81. The summed E-state index contributed by atoms with van der Waals surface area (Å²) in [4.78, 5) is 14.5. The van der Waals surface area contributed by atoms with Gasteiger partial charge in [-0.05, 0) is 29.1 Å². The van der Waals surface area contributed by atoms with Crippen LogP contribution in [-0.4, -0.2) is 11.5 Å². The summed E-state index contributed by atoms with van der Waals surface area (Å²) in [6, 6.07) is 21.9. The van der Waals surface area contributed by atoms with Gasteiger partial charge in [-0.15, -0.1) is 11.3 Å². The number of carbonyl (C=O) groups is 1. The first-order valence-electron chi connectivity index (χ1n) is 7.92. The standard InChI is InChI=1S/C20H14N2OS/c23-19-15-9-4-5-10-17(15)22-20(19,14-7-2-1-3-8-14)13-16(21-22)18-11-6-12-24-18/h1-12H,13H2. The highest BCUT2D eigenvalue weighted by Gasteiger charge is 2.56. The molecule has 0 amide bonds. The van der Waals surface area contributed by atoms with E-state index in [4.69, 9.17) is 5.10 Å². The Hall–Kier alpha value is -2.72. The molecule has 0 fully saturated rings. The maximum absolute atomic E-state index is 13.4. The third kappa shape index (κ3) is 1.66. The van der Waals surface area contributed by atoms with Gasteiger partial charge in [-0.25, -0.2) is 5.01 Å². The number of hydrogen-bond donors (Lipinski definition) is 0. The first-order chi connectivity index (χ1) is 11.8. The number of nitrogens with zero attached hydrogens (tertiary/aromatic N) is 2. The Morgan fingerprint density at radius 2 is 1.75 bits per heavy atom. The van der Waals surface area contributed by atoms with Crippen LogP contribution in [0.3, 0.4) is 0 Å². The predicted molar refractivity (Wildman–Crippen MR) is 96.8 cm³/mol. The maximum Gasteiger partial charge on any atom is 0.197 e. The minimum absolute atomic E-state index is 0.139. The van der Waals surface area contributed by atoms with Crippen molar-refractivity contribution in [2.75, 3.05) is 5.01 Å². The number of hydrazone groups is 1. The SMILES string of the molecule is O=C1c2ccccc2N2N=C(c3cccs3)CC12c1ccccc1. The lowest BCUT2D eigenvalue weighted by Gasteiger charge is -2.30. The van der Waals surface area contributed by atoms with Crippen LogP contribution < -0.4 is 5.01 Å². The third-order valence-electron chi connectivity index (χ3n) is 4.82. The van der Waals surface area contributed by atoms with Crippen LogP contribution in [-0.2, 0) is 5.54 Å². The van der Waals surface area contributed by atoms with Gasteiger partial charge in [0, 0.05) is 12.0 Å². The molecule has 1 unspecified atom stereocenters. The average Bonchev–Trinajstić information content (AvgIpc) is 3.33. The quantitative estimate of drug-likeness (QED) is 0.695. The summed E-state index contributed by atoms with van der Waals surface area (Å²) in [6.07, 6.45) is 0.602. The summed E-state index contributed by atoms with van der Waals surface area (Å²) in [5, 5.41) is 8.86. The molecule has 0 saturated carbocycles. The molecule has 1 atom stereocenters. The van der Waals surface area contributed by atoms with Gasteiger partial charge in [0.05, 0.1) is 16.3 Å². The molecule has 2 aromatic carbocycles. The summed E-state index contributed by atoms with van der Waals surface area (Å²) in [5.74, 6) is 0.139. The van der Waals surface area contributed by atoms with E-state index in [-0.39, 0.29) is 5.78 Å². The zero-order valence-electron chi connectivity index (χ0n) is 12.8. The Labute approximate surface area is 143 Å². The summed E-state index contributed by atoms with van der Waals surface area (Å²) in [6.45, 7) is 0.